The minimum atomic E-state index is -3.90. The van der Waals surface area contributed by atoms with Crippen LogP contribution in [-0.4, -0.2) is 259 Å². The predicted octanol–water partition coefficient (Wildman–Crippen LogP) is 10.7. The van der Waals surface area contributed by atoms with Gasteiger partial charge in [-0.2, -0.15) is 0 Å². The van der Waals surface area contributed by atoms with E-state index in [1.54, 1.807) is 77.7 Å². The Labute approximate surface area is 730 Å². The van der Waals surface area contributed by atoms with E-state index >= 15 is 0 Å². The third kappa shape index (κ3) is 29.0. The van der Waals surface area contributed by atoms with Crippen molar-refractivity contribution in [1.82, 2.24) is 49.3 Å². The molecule has 26 nitrogen and oxygen atoms in total. The van der Waals surface area contributed by atoms with E-state index in [1.807, 2.05) is 64.6 Å². The van der Waals surface area contributed by atoms with Crippen molar-refractivity contribution in [3.63, 3.8) is 0 Å². The van der Waals surface area contributed by atoms with Gasteiger partial charge in [-0.25, -0.2) is 39.4 Å². The molecular weight excluding hydrogens is 1710 g/mol. The molecule has 3 amide bonds. The third-order valence-corrected chi connectivity index (χ3v) is 27.9. The zero-order valence-corrected chi connectivity index (χ0v) is 74.8. The molecule has 119 heavy (non-hydrogen) atoms. The lowest BCUT2D eigenvalue weighted by Crippen LogP contribution is -2.48. The van der Waals surface area contributed by atoms with Crippen LogP contribution in [-0.2, 0) is 97.3 Å². The molecule has 10 rings (SSSR count). The minimum absolute atomic E-state index is 0.00216. The second-order valence-corrected chi connectivity index (χ2v) is 38.7. The monoisotopic (exact) mass is 1820 g/mol. The number of ketones is 1. The van der Waals surface area contributed by atoms with Crippen LogP contribution in [0.25, 0.3) is 0 Å². The molecule has 3 atom stereocenters. The molecule has 1 saturated heterocycles. The van der Waals surface area contributed by atoms with Crippen molar-refractivity contribution in [2.45, 2.75) is 110 Å². The van der Waals surface area contributed by atoms with Gasteiger partial charge in [0.25, 0.3) is 0 Å². The van der Waals surface area contributed by atoms with Crippen molar-refractivity contribution in [3.05, 3.63) is 189 Å². The highest BCUT2D eigenvalue weighted by molar-refractivity contribution is 7.90. The number of Topliss-reactive ketones (excluding diaryl/α,β-unsaturated/α-hetero) is 1. The smallest absolute Gasteiger partial charge is 0.240 e. The fraction of sp³-hybridized carbons (Fsp3) is 0.524. The number of halogens is 6. The third-order valence-electron chi connectivity index (χ3n) is 21.9. The molecule has 6 aromatic carbocycles. The van der Waals surface area contributed by atoms with Gasteiger partial charge in [-0.3, -0.25) is 19.2 Å². The van der Waals surface area contributed by atoms with Gasteiger partial charge < -0.3 is 63.6 Å². The molecule has 6 aromatic rings. The van der Waals surface area contributed by atoms with Crippen LogP contribution in [0.1, 0.15) is 126 Å². The molecule has 4 aliphatic heterocycles. The molecule has 0 aliphatic carbocycles. The van der Waals surface area contributed by atoms with Gasteiger partial charge in [0.15, 0.2) is 0 Å². The van der Waals surface area contributed by atoms with Crippen LogP contribution < -0.4 is 24.8 Å². The summed E-state index contributed by atoms with van der Waals surface area (Å²) < 4.78 is 123. The van der Waals surface area contributed by atoms with E-state index in [1.165, 1.54) is 0 Å². The summed E-state index contributed by atoms with van der Waals surface area (Å²) in [5.74, 6) is -1.27. The fourth-order valence-corrected chi connectivity index (χ4v) is 20.4. The lowest BCUT2D eigenvalue weighted by Gasteiger charge is -2.38. The van der Waals surface area contributed by atoms with Crippen molar-refractivity contribution in [2.24, 2.45) is 5.41 Å². The van der Waals surface area contributed by atoms with Gasteiger partial charge >= 0.3 is 0 Å². The summed E-state index contributed by atoms with van der Waals surface area (Å²) >= 11 is 39.0. The molecule has 652 valence electrons. The standard InChI is InChI=1S/C84H110Cl6N10O16S3/c1-96-27-29-100(30-28-96)83(104)52-84(19-16-65(101)12-8-31-111-37-38-114-34-24-93-117(105,106)66-13-5-9-59(43-66)72-53-97(2)56-75-69(72)46-62(85)49-78(75)88,20-17-81(102)91-22-32-112-39-41-115-35-25-94-118(107,108)67-14-6-10-60(44-67)73-54-98(3)57-76-70(73)47-63(86)50-79(76)89)21-18-82(103)92-23-33-113-40-42-116-36-26-95-119(109,110)68-15-7-11-61(45-68)74-55-99(4)58-77-71(74)48-64(87)51-80(77)90/h5-7,9-11,13-15,43-51,72-74,93-95H,8,12,16-42,52-58H2,1-4H3,(H,91,102)(H,92,103)/t72-,73-,74-/m0/s1. The van der Waals surface area contributed by atoms with Crippen molar-refractivity contribution in [1.29, 1.82) is 0 Å². The average Bonchev–Trinajstić information content (AvgIpc) is 0.779. The Morgan fingerprint density at radius 1 is 0.395 bits per heavy atom. The molecule has 0 aromatic heterocycles. The number of hydrogen-bond donors (Lipinski definition) is 5. The predicted molar refractivity (Wildman–Crippen MR) is 463 cm³/mol. The maximum Gasteiger partial charge on any atom is 0.240 e. The number of rotatable bonds is 48. The second-order valence-electron chi connectivity index (χ2n) is 30.9. The largest absolute Gasteiger partial charge is 0.379 e. The topological polar surface area (TPSA) is 302 Å². The van der Waals surface area contributed by atoms with E-state index in [0.717, 1.165) is 50.1 Å². The number of amides is 3. The lowest BCUT2D eigenvalue weighted by molar-refractivity contribution is -0.137. The zero-order valence-electron chi connectivity index (χ0n) is 67.8. The first-order chi connectivity index (χ1) is 56.9. The van der Waals surface area contributed by atoms with Crippen LogP contribution >= 0.6 is 69.6 Å². The molecular formula is C84H110Cl6N10O16S3. The van der Waals surface area contributed by atoms with Crippen molar-refractivity contribution >= 4 is 123 Å². The van der Waals surface area contributed by atoms with Crippen LogP contribution in [0.2, 0.25) is 30.1 Å². The van der Waals surface area contributed by atoms with Gasteiger partial charge in [-0.05, 0) is 182 Å². The van der Waals surface area contributed by atoms with Crippen LogP contribution in [0.3, 0.4) is 0 Å². The van der Waals surface area contributed by atoms with E-state index < -0.39 is 35.5 Å². The zero-order chi connectivity index (χ0) is 85.3. The Hall–Kier alpha value is -5.53. The Morgan fingerprint density at radius 3 is 1.08 bits per heavy atom. The Bertz CT molecular complexity index is 4350. The number of likely N-dealkylation sites (N-methyl/N-ethyl adjacent to an activating group) is 4. The summed E-state index contributed by atoms with van der Waals surface area (Å²) in [6, 6.07) is 31.3. The first-order valence-corrected chi connectivity index (χ1v) is 46.9. The van der Waals surface area contributed by atoms with E-state index in [9.17, 15) is 44.4 Å². The van der Waals surface area contributed by atoms with Gasteiger partial charge in [-0.15, -0.1) is 0 Å². The van der Waals surface area contributed by atoms with Gasteiger partial charge in [0, 0.05) is 185 Å². The molecule has 35 heteroatoms. The van der Waals surface area contributed by atoms with Crippen LogP contribution in [0.4, 0.5) is 0 Å². The normalized spacial score (nSPS) is 17.1. The number of benzene rings is 6. The summed E-state index contributed by atoms with van der Waals surface area (Å²) in [6.45, 7) is 8.31. The first kappa shape index (κ1) is 95.7. The second kappa shape index (κ2) is 46.4. The van der Waals surface area contributed by atoms with Crippen LogP contribution in [0.15, 0.2) is 124 Å². The highest BCUT2D eigenvalue weighted by Gasteiger charge is 2.38. The molecule has 5 N–H and O–H groups in total. The van der Waals surface area contributed by atoms with Crippen molar-refractivity contribution in [3.8, 4) is 0 Å². The molecule has 0 spiro atoms. The summed E-state index contributed by atoms with van der Waals surface area (Å²) in [4.78, 5) is 66.5. The fourth-order valence-electron chi connectivity index (χ4n) is 15.5. The Morgan fingerprint density at radius 2 is 0.723 bits per heavy atom. The quantitative estimate of drug-likeness (QED) is 0.0222. The van der Waals surface area contributed by atoms with Crippen LogP contribution in [0, 0.1) is 5.41 Å². The molecule has 0 saturated carbocycles. The number of nitrogens with zero attached hydrogens (tertiary/aromatic N) is 5. The van der Waals surface area contributed by atoms with Crippen molar-refractivity contribution in [2.75, 3.05) is 186 Å². The number of carbonyl (C=O) groups is 4. The Kier molecular flexibility index (Phi) is 37.3. The number of fused-ring (bicyclic) bond motifs is 3. The van der Waals surface area contributed by atoms with Gasteiger partial charge in [0.1, 0.15) is 5.78 Å². The van der Waals surface area contributed by atoms with E-state index in [0.29, 0.717) is 102 Å². The molecule has 4 heterocycles. The highest BCUT2D eigenvalue weighted by atomic mass is 35.5. The average molecular weight is 1820 g/mol. The molecule has 0 bridgehead atoms. The number of hydrogen-bond acceptors (Lipinski definition) is 20. The highest BCUT2D eigenvalue weighted by Crippen LogP contribution is 2.44. The number of nitrogens with one attached hydrogen (secondary N) is 5. The summed E-state index contributed by atoms with van der Waals surface area (Å²) in [6.07, 6.45) is 1.21. The minimum Gasteiger partial charge on any atom is -0.379 e. The molecule has 0 unspecified atom stereocenters. The number of ether oxygens (including phenoxy) is 6. The van der Waals surface area contributed by atoms with Crippen LogP contribution in [0.5, 0.6) is 0 Å². The van der Waals surface area contributed by atoms with Gasteiger partial charge in [-0.1, -0.05) is 106 Å². The number of piperazine rings is 1. The van der Waals surface area contributed by atoms with Gasteiger partial charge in [0.2, 0.25) is 47.8 Å². The molecule has 1 fully saturated rings. The summed E-state index contributed by atoms with van der Waals surface area (Å²) in [5, 5.41) is 9.05. The number of sulfonamides is 3. The van der Waals surface area contributed by atoms with E-state index in [4.69, 9.17) is 98.0 Å². The first-order valence-electron chi connectivity index (χ1n) is 40.2. The molecule has 4 aliphatic rings. The lowest BCUT2D eigenvalue weighted by atomic mass is 9.71. The summed E-state index contributed by atoms with van der Waals surface area (Å²) in [7, 11) is -3.74. The SMILES string of the molecule is CN1CCN(C(=O)CC(CCC(=O)CCCOCCOCCNS(=O)(=O)c2cccc([C@@H]3CN(C)Cc4c(Cl)cc(Cl)cc43)c2)(CCC(=O)NCCOCCOCCNS(=O)(=O)c2cccc([C@@H]3CN(C)Cc4c(Cl)cc(Cl)cc43)c2)CCC(=O)NCCOCCOCCNS(=O)(=O)c2cccc([C@@H]3CN(C)Cc4c(Cl)cc(Cl)cc43)c2)CC1. The van der Waals surface area contributed by atoms with E-state index in [-0.39, 0.29) is 219 Å². The number of carbonyl (C=O) groups excluding carboxylic acids is 4. The molecule has 0 radical (unpaired) electrons. The van der Waals surface area contributed by atoms with Crippen molar-refractivity contribution < 1.29 is 72.9 Å². The van der Waals surface area contributed by atoms with E-state index in [2.05, 4.69) is 44.4 Å². The maximum atomic E-state index is 14.4. The van der Waals surface area contributed by atoms with Gasteiger partial charge in [0.05, 0.1) is 87.4 Å². The maximum absolute atomic E-state index is 14.4. The Balaban J connectivity index is 0.663. The summed E-state index contributed by atoms with van der Waals surface area (Å²) in [5.41, 5.74) is 7.27.